The first kappa shape index (κ1) is 24.5. The fraction of sp³-hybridized carbons (Fsp3) is 0.529. The van der Waals surface area contributed by atoms with Crippen LogP contribution in [0, 0.1) is 0 Å². The lowest BCUT2D eigenvalue weighted by Crippen LogP contribution is -2.55. The van der Waals surface area contributed by atoms with Gasteiger partial charge in [-0.05, 0) is 45.4 Å². The SMILES string of the molecule is COC(=O)C(C)(Cc1cccc(OS(=O)(=O)C(F)(F)F)c1)NC(=O)OC(C)(C)C. The van der Waals surface area contributed by atoms with Crippen molar-refractivity contribution in [1.82, 2.24) is 5.32 Å². The van der Waals surface area contributed by atoms with Crippen molar-refractivity contribution in [3.05, 3.63) is 29.8 Å². The molecule has 0 aliphatic carbocycles. The largest absolute Gasteiger partial charge is 0.534 e. The van der Waals surface area contributed by atoms with Crippen LogP contribution in [-0.2, 0) is 30.8 Å². The minimum atomic E-state index is -5.85. The average Bonchev–Trinajstić information content (AvgIpc) is 2.50. The van der Waals surface area contributed by atoms with Gasteiger partial charge >= 0.3 is 27.7 Å². The number of rotatable bonds is 6. The van der Waals surface area contributed by atoms with E-state index in [0.29, 0.717) is 0 Å². The maximum Gasteiger partial charge on any atom is 0.534 e. The van der Waals surface area contributed by atoms with Crippen LogP contribution in [0.1, 0.15) is 33.3 Å². The summed E-state index contributed by atoms with van der Waals surface area (Å²) in [6, 6.07) is 4.65. The summed E-state index contributed by atoms with van der Waals surface area (Å²) < 4.78 is 73.6. The van der Waals surface area contributed by atoms with Crippen molar-refractivity contribution >= 4 is 22.2 Å². The highest BCUT2D eigenvalue weighted by molar-refractivity contribution is 7.88. The molecule has 8 nitrogen and oxygen atoms in total. The molecule has 0 saturated carbocycles. The van der Waals surface area contributed by atoms with Crippen LogP contribution < -0.4 is 9.50 Å². The molecule has 0 aliphatic heterocycles. The van der Waals surface area contributed by atoms with E-state index in [4.69, 9.17) is 4.74 Å². The molecule has 1 N–H and O–H groups in total. The predicted octanol–water partition coefficient (Wildman–Crippen LogP) is 2.91. The number of halogens is 3. The number of nitrogens with one attached hydrogen (secondary N) is 1. The van der Waals surface area contributed by atoms with E-state index in [-0.39, 0.29) is 12.0 Å². The van der Waals surface area contributed by atoms with Crippen LogP contribution in [0.25, 0.3) is 0 Å². The van der Waals surface area contributed by atoms with Crippen LogP contribution in [0.5, 0.6) is 5.75 Å². The summed E-state index contributed by atoms with van der Waals surface area (Å²) in [6.45, 7) is 6.17. The standard InChI is InChI=1S/C17H22F3NO7S/c1-15(2,3)27-14(23)21-16(4,13(22)26-5)10-11-7-6-8-12(9-11)28-29(24,25)17(18,19)20/h6-9H,10H2,1-5H3,(H,21,23). The molecular weight excluding hydrogens is 419 g/mol. The molecule has 1 amide bonds. The first-order chi connectivity index (χ1) is 13.0. The van der Waals surface area contributed by atoms with Gasteiger partial charge in [-0.2, -0.15) is 21.6 Å². The lowest BCUT2D eigenvalue weighted by atomic mass is 9.93. The van der Waals surface area contributed by atoms with E-state index >= 15 is 0 Å². The Balaban J connectivity index is 3.12. The highest BCUT2D eigenvalue weighted by Crippen LogP contribution is 2.28. The second-order valence-electron chi connectivity index (χ2n) is 7.26. The van der Waals surface area contributed by atoms with Crippen molar-refractivity contribution < 1.29 is 44.8 Å². The van der Waals surface area contributed by atoms with Crippen LogP contribution in [0.4, 0.5) is 18.0 Å². The molecule has 1 rings (SSSR count). The molecule has 1 aromatic rings. The molecule has 0 fully saturated rings. The molecule has 1 atom stereocenters. The minimum absolute atomic E-state index is 0.198. The molecule has 1 unspecified atom stereocenters. The van der Waals surface area contributed by atoms with Crippen LogP contribution in [0.3, 0.4) is 0 Å². The number of esters is 1. The van der Waals surface area contributed by atoms with Crippen LogP contribution in [0.2, 0.25) is 0 Å². The number of carbonyl (C=O) groups excluding carboxylic acids is 2. The fourth-order valence-electron chi connectivity index (χ4n) is 2.21. The van der Waals surface area contributed by atoms with Gasteiger partial charge in [0.25, 0.3) is 0 Å². The Morgan fingerprint density at radius 3 is 2.17 bits per heavy atom. The first-order valence-electron chi connectivity index (χ1n) is 8.18. The third kappa shape index (κ3) is 7.11. The zero-order valence-electron chi connectivity index (χ0n) is 16.4. The second-order valence-corrected chi connectivity index (χ2v) is 8.80. The number of hydrogen-bond acceptors (Lipinski definition) is 7. The molecule has 29 heavy (non-hydrogen) atoms. The molecule has 1 aromatic carbocycles. The van der Waals surface area contributed by atoms with Crippen LogP contribution >= 0.6 is 0 Å². The van der Waals surface area contributed by atoms with Crippen LogP contribution in [0.15, 0.2) is 24.3 Å². The Kier molecular flexibility index (Phi) is 7.17. The maximum absolute atomic E-state index is 12.5. The quantitative estimate of drug-likeness (QED) is 0.411. The van der Waals surface area contributed by atoms with E-state index < -0.39 is 44.6 Å². The molecule has 0 bridgehead atoms. The lowest BCUT2D eigenvalue weighted by molar-refractivity contribution is -0.147. The van der Waals surface area contributed by atoms with Gasteiger partial charge in [-0.25, -0.2) is 9.59 Å². The number of hydrogen-bond donors (Lipinski definition) is 1. The van der Waals surface area contributed by atoms with Gasteiger partial charge in [-0.15, -0.1) is 0 Å². The molecule has 0 aliphatic rings. The molecule has 0 heterocycles. The van der Waals surface area contributed by atoms with Crippen molar-refractivity contribution in [2.24, 2.45) is 0 Å². The highest BCUT2D eigenvalue weighted by Gasteiger charge is 2.48. The molecule has 0 spiro atoms. The van der Waals surface area contributed by atoms with Crippen molar-refractivity contribution in [2.75, 3.05) is 7.11 Å². The predicted molar refractivity (Wildman–Crippen MR) is 95.5 cm³/mol. The number of amides is 1. The molecule has 0 aromatic heterocycles. The van der Waals surface area contributed by atoms with Crippen molar-refractivity contribution in [3.8, 4) is 5.75 Å². The lowest BCUT2D eigenvalue weighted by Gasteiger charge is -2.29. The number of alkyl halides is 3. The average molecular weight is 441 g/mol. The first-order valence-corrected chi connectivity index (χ1v) is 9.59. The molecule has 0 saturated heterocycles. The topological polar surface area (TPSA) is 108 Å². The van der Waals surface area contributed by atoms with E-state index in [0.717, 1.165) is 19.2 Å². The van der Waals surface area contributed by atoms with Gasteiger partial charge in [0.1, 0.15) is 16.9 Å². The van der Waals surface area contributed by atoms with E-state index in [1.165, 1.54) is 19.1 Å². The summed E-state index contributed by atoms with van der Waals surface area (Å²) in [6.07, 6.45) is -1.17. The summed E-state index contributed by atoms with van der Waals surface area (Å²) >= 11 is 0. The Labute approximate surface area is 166 Å². The third-order valence-electron chi connectivity index (χ3n) is 3.36. The molecular formula is C17H22F3NO7S. The van der Waals surface area contributed by atoms with Gasteiger partial charge in [-0.1, -0.05) is 12.1 Å². The van der Waals surface area contributed by atoms with E-state index in [1.54, 1.807) is 20.8 Å². The van der Waals surface area contributed by atoms with Gasteiger partial charge in [0.05, 0.1) is 7.11 Å². The van der Waals surface area contributed by atoms with Crippen molar-refractivity contribution in [3.63, 3.8) is 0 Å². The normalized spacial score (nSPS) is 14.5. The Hall–Kier alpha value is -2.50. The van der Waals surface area contributed by atoms with Crippen LogP contribution in [-0.4, -0.2) is 44.2 Å². The molecule has 12 heteroatoms. The number of alkyl carbamates (subject to hydrolysis) is 1. The summed E-state index contributed by atoms with van der Waals surface area (Å²) in [5.74, 6) is -1.46. The monoisotopic (exact) mass is 441 g/mol. The van der Waals surface area contributed by atoms with Gasteiger partial charge in [0.15, 0.2) is 0 Å². The third-order valence-corrected chi connectivity index (χ3v) is 4.34. The fourth-order valence-corrected chi connectivity index (χ4v) is 2.66. The summed E-state index contributed by atoms with van der Waals surface area (Å²) in [5, 5.41) is 2.37. The van der Waals surface area contributed by atoms with Gasteiger partial charge in [0.2, 0.25) is 0 Å². The maximum atomic E-state index is 12.5. The Morgan fingerprint density at radius 2 is 1.69 bits per heavy atom. The van der Waals surface area contributed by atoms with E-state index in [9.17, 15) is 31.2 Å². The van der Waals surface area contributed by atoms with Crippen molar-refractivity contribution in [1.29, 1.82) is 0 Å². The zero-order valence-corrected chi connectivity index (χ0v) is 17.2. The Morgan fingerprint density at radius 1 is 1.10 bits per heavy atom. The summed E-state index contributed by atoms with van der Waals surface area (Å²) in [4.78, 5) is 24.3. The number of methoxy groups -OCH3 is 1. The smallest absolute Gasteiger partial charge is 0.467 e. The second kappa shape index (κ2) is 8.47. The van der Waals surface area contributed by atoms with Gasteiger partial charge in [0, 0.05) is 6.42 Å². The Bertz CT molecular complexity index is 863. The molecule has 164 valence electrons. The van der Waals surface area contributed by atoms with Crippen molar-refractivity contribution in [2.45, 2.75) is 50.8 Å². The number of carbonyl (C=O) groups is 2. The minimum Gasteiger partial charge on any atom is -0.467 e. The number of ether oxygens (including phenoxy) is 2. The van der Waals surface area contributed by atoms with E-state index in [2.05, 4.69) is 14.2 Å². The van der Waals surface area contributed by atoms with Gasteiger partial charge < -0.3 is 19.0 Å². The molecule has 0 radical (unpaired) electrons. The summed E-state index contributed by atoms with van der Waals surface area (Å²) in [5.41, 5.74) is -7.90. The number of benzene rings is 1. The van der Waals surface area contributed by atoms with E-state index in [1.807, 2.05) is 0 Å². The highest BCUT2D eigenvalue weighted by atomic mass is 32.2. The zero-order chi connectivity index (χ0) is 22.7. The van der Waals surface area contributed by atoms with Gasteiger partial charge in [-0.3, -0.25) is 0 Å². The summed E-state index contributed by atoms with van der Waals surface area (Å²) in [7, 11) is -4.76.